The molecule has 2 aliphatic heterocycles. The van der Waals surface area contributed by atoms with E-state index in [4.69, 9.17) is 14.0 Å². The molecule has 3 heterocycles. The Labute approximate surface area is 205 Å². The molecule has 2 amide bonds. The highest BCUT2D eigenvalue weighted by molar-refractivity contribution is 6.62. The maximum absolute atomic E-state index is 12.8. The average molecular weight is 484 g/mol. The highest BCUT2D eigenvalue weighted by Crippen LogP contribution is 2.37. The van der Waals surface area contributed by atoms with Crippen molar-refractivity contribution in [2.75, 3.05) is 27.3 Å². The SMILES string of the molecule is COC(=O)NCC(=O)N1CC(OC)CC1c1ncc(-c2ccc(B3OC(C)(C)C(C)(C)O3)cc2)[nH]1. The number of carbonyl (C=O) groups excluding carboxylic acids is 2. The molecule has 1 aromatic carbocycles. The minimum atomic E-state index is -0.651. The average Bonchev–Trinajstić information content (AvgIpc) is 3.53. The maximum Gasteiger partial charge on any atom is 0.494 e. The molecule has 2 saturated heterocycles. The summed E-state index contributed by atoms with van der Waals surface area (Å²) in [6.45, 7) is 8.39. The number of likely N-dealkylation sites (tertiary alicyclic amines) is 1. The van der Waals surface area contributed by atoms with E-state index in [9.17, 15) is 9.59 Å². The lowest BCUT2D eigenvalue weighted by Crippen LogP contribution is -2.41. The fourth-order valence-corrected chi connectivity index (χ4v) is 4.28. The topological polar surface area (TPSA) is 115 Å². The Hall–Kier alpha value is -2.89. The van der Waals surface area contributed by atoms with Crippen LogP contribution in [0.2, 0.25) is 0 Å². The zero-order chi connectivity index (χ0) is 25.4. The molecular weight excluding hydrogens is 451 g/mol. The second kappa shape index (κ2) is 9.64. The predicted octanol–water partition coefficient (Wildman–Crippen LogP) is 2.02. The molecule has 188 valence electrons. The number of aromatic nitrogens is 2. The van der Waals surface area contributed by atoms with Crippen molar-refractivity contribution in [1.29, 1.82) is 0 Å². The first-order valence-electron chi connectivity index (χ1n) is 11.7. The number of nitrogens with one attached hydrogen (secondary N) is 2. The first kappa shape index (κ1) is 25.2. The minimum Gasteiger partial charge on any atom is -0.453 e. The Kier molecular flexibility index (Phi) is 6.94. The number of hydrogen-bond acceptors (Lipinski definition) is 7. The quantitative estimate of drug-likeness (QED) is 0.603. The van der Waals surface area contributed by atoms with E-state index >= 15 is 0 Å². The van der Waals surface area contributed by atoms with Crippen LogP contribution < -0.4 is 10.8 Å². The molecule has 10 nitrogen and oxygen atoms in total. The van der Waals surface area contributed by atoms with Gasteiger partial charge in [0.15, 0.2) is 0 Å². The number of methoxy groups -OCH3 is 2. The van der Waals surface area contributed by atoms with Crippen molar-refractivity contribution >= 4 is 24.6 Å². The van der Waals surface area contributed by atoms with Crippen molar-refractivity contribution in [3.05, 3.63) is 36.3 Å². The molecule has 2 N–H and O–H groups in total. The highest BCUT2D eigenvalue weighted by Gasteiger charge is 2.51. The van der Waals surface area contributed by atoms with Gasteiger partial charge in [0.25, 0.3) is 0 Å². The molecule has 2 atom stereocenters. The van der Waals surface area contributed by atoms with Crippen LogP contribution in [0.3, 0.4) is 0 Å². The zero-order valence-corrected chi connectivity index (χ0v) is 21.1. The second-order valence-corrected chi connectivity index (χ2v) is 9.89. The van der Waals surface area contributed by atoms with Gasteiger partial charge in [0.2, 0.25) is 5.91 Å². The monoisotopic (exact) mass is 484 g/mol. The summed E-state index contributed by atoms with van der Waals surface area (Å²) >= 11 is 0. The first-order chi connectivity index (χ1) is 16.5. The summed E-state index contributed by atoms with van der Waals surface area (Å²) in [5, 5.41) is 2.44. The number of H-pyrrole nitrogens is 1. The summed E-state index contributed by atoms with van der Waals surface area (Å²) in [6.07, 6.45) is 1.60. The first-order valence-corrected chi connectivity index (χ1v) is 11.7. The smallest absolute Gasteiger partial charge is 0.453 e. The van der Waals surface area contributed by atoms with Crippen molar-refractivity contribution < 1.29 is 28.4 Å². The van der Waals surface area contributed by atoms with Gasteiger partial charge in [-0.25, -0.2) is 9.78 Å². The summed E-state index contributed by atoms with van der Waals surface area (Å²) in [6, 6.07) is 7.68. The third kappa shape index (κ3) is 5.07. The van der Waals surface area contributed by atoms with Gasteiger partial charge in [-0.15, -0.1) is 0 Å². The molecule has 11 heteroatoms. The van der Waals surface area contributed by atoms with Crippen molar-refractivity contribution in [2.24, 2.45) is 0 Å². The van der Waals surface area contributed by atoms with E-state index < -0.39 is 24.4 Å². The van der Waals surface area contributed by atoms with Crippen LogP contribution in [0.4, 0.5) is 4.79 Å². The van der Waals surface area contributed by atoms with Crippen LogP contribution in [-0.2, 0) is 23.6 Å². The van der Waals surface area contributed by atoms with Crippen molar-refractivity contribution in [3.8, 4) is 11.3 Å². The Balaban J connectivity index is 1.48. The van der Waals surface area contributed by atoms with E-state index in [1.807, 2.05) is 52.0 Å². The lowest BCUT2D eigenvalue weighted by atomic mass is 9.79. The van der Waals surface area contributed by atoms with Crippen molar-refractivity contribution in [3.63, 3.8) is 0 Å². The van der Waals surface area contributed by atoms with Crippen LogP contribution in [0.15, 0.2) is 30.5 Å². The molecule has 0 spiro atoms. The van der Waals surface area contributed by atoms with Crippen LogP contribution in [-0.4, -0.2) is 78.6 Å². The number of carbonyl (C=O) groups is 2. The van der Waals surface area contributed by atoms with Crippen LogP contribution >= 0.6 is 0 Å². The van der Waals surface area contributed by atoms with E-state index in [1.54, 1.807) is 18.2 Å². The van der Waals surface area contributed by atoms with Gasteiger partial charge in [0.1, 0.15) is 12.4 Å². The van der Waals surface area contributed by atoms with Crippen LogP contribution in [0.5, 0.6) is 0 Å². The second-order valence-electron chi connectivity index (χ2n) is 9.89. The summed E-state index contributed by atoms with van der Waals surface area (Å²) < 4.78 is 22.3. The number of ether oxygens (including phenoxy) is 2. The van der Waals surface area contributed by atoms with Crippen LogP contribution in [0.1, 0.15) is 46.0 Å². The number of amides is 2. The number of nitrogens with zero attached hydrogens (tertiary/aromatic N) is 2. The van der Waals surface area contributed by atoms with Gasteiger partial charge in [-0.3, -0.25) is 4.79 Å². The number of alkyl carbamates (subject to hydrolysis) is 1. The number of benzene rings is 1. The summed E-state index contributed by atoms with van der Waals surface area (Å²) in [7, 11) is 2.46. The molecule has 2 fully saturated rings. The van der Waals surface area contributed by atoms with Crippen LogP contribution in [0, 0.1) is 0 Å². The maximum atomic E-state index is 12.8. The third-order valence-electron chi connectivity index (χ3n) is 7.14. The third-order valence-corrected chi connectivity index (χ3v) is 7.14. The van der Waals surface area contributed by atoms with E-state index in [1.165, 1.54) is 7.11 Å². The summed E-state index contributed by atoms with van der Waals surface area (Å²) in [5.41, 5.74) is 1.94. The van der Waals surface area contributed by atoms with E-state index in [-0.39, 0.29) is 24.6 Å². The standard InChI is InChI=1S/C24H33BN4O6/c1-23(2)24(3,4)35-25(34-23)16-9-7-15(8-10-16)18-12-26-21(28-18)19-11-17(32-5)14-29(19)20(30)13-27-22(31)33-6/h7-10,12,17,19H,11,13-14H2,1-6H3,(H,26,28)(H,27,31). The lowest BCUT2D eigenvalue weighted by molar-refractivity contribution is -0.131. The predicted molar refractivity (Wildman–Crippen MR) is 130 cm³/mol. The molecule has 2 aliphatic rings. The van der Waals surface area contributed by atoms with Gasteiger partial charge >= 0.3 is 13.2 Å². The van der Waals surface area contributed by atoms with E-state index in [0.29, 0.717) is 18.8 Å². The lowest BCUT2D eigenvalue weighted by Gasteiger charge is -2.32. The van der Waals surface area contributed by atoms with E-state index in [2.05, 4.69) is 20.0 Å². The molecule has 0 aliphatic carbocycles. The minimum absolute atomic E-state index is 0.116. The molecule has 4 rings (SSSR count). The number of imidazole rings is 1. The number of rotatable bonds is 6. The molecule has 0 radical (unpaired) electrons. The molecule has 35 heavy (non-hydrogen) atoms. The normalized spacial score (nSPS) is 22.9. The fourth-order valence-electron chi connectivity index (χ4n) is 4.28. The molecule has 0 bridgehead atoms. The zero-order valence-electron chi connectivity index (χ0n) is 21.1. The largest absolute Gasteiger partial charge is 0.494 e. The molecule has 0 saturated carbocycles. The van der Waals surface area contributed by atoms with Gasteiger partial charge in [-0.05, 0) is 38.7 Å². The molecule has 2 aromatic rings. The Morgan fingerprint density at radius 2 is 1.83 bits per heavy atom. The fraction of sp³-hybridized carbons (Fsp3) is 0.542. The summed E-state index contributed by atoms with van der Waals surface area (Å²) in [5.74, 6) is 0.436. The van der Waals surface area contributed by atoms with Gasteiger partial charge in [0, 0.05) is 20.1 Å². The van der Waals surface area contributed by atoms with Crippen molar-refractivity contribution in [2.45, 2.75) is 57.5 Å². The van der Waals surface area contributed by atoms with Gasteiger partial charge in [-0.2, -0.15) is 0 Å². The van der Waals surface area contributed by atoms with Gasteiger partial charge < -0.3 is 34.0 Å². The molecule has 2 unspecified atom stereocenters. The number of hydrogen-bond donors (Lipinski definition) is 2. The van der Waals surface area contributed by atoms with Gasteiger partial charge in [0.05, 0.1) is 42.3 Å². The molecular formula is C24H33BN4O6. The Bertz CT molecular complexity index is 1050. The van der Waals surface area contributed by atoms with Gasteiger partial charge in [-0.1, -0.05) is 24.3 Å². The van der Waals surface area contributed by atoms with Crippen LogP contribution in [0.25, 0.3) is 11.3 Å². The summed E-state index contributed by atoms with van der Waals surface area (Å²) in [4.78, 5) is 33.7. The van der Waals surface area contributed by atoms with Crippen molar-refractivity contribution in [1.82, 2.24) is 20.2 Å². The highest BCUT2D eigenvalue weighted by atomic mass is 16.7. The number of aromatic amines is 1. The Morgan fingerprint density at radius 1 is 1.17 bits per heavy atom. The van der Waals surface area contributed by atoms with E-state index in [0.717, 1.165) is 16.7 Å². The Morgan fingerprint density at radius 3 is 2.43 bits per heavy atom. The molecule has 1 aromatic heterocycles.